The second-order valence-electron chi connectivity index (χ2n) is 4.46. The highest BCUT2D eigenvalue weighted by Crippen LogP contribution is 2.30. The summed E-state index contributed by atoms with van der Waals surface area (Å²) in [6.45, 7) is 6.28. The van der Waals surface area contributed by atoms with Gasteiger partial charge in [0.05, 0.1) is 7.11 Å². The van der Waals surface area contributed by atoms with Crippen LogP contribution in [0.3, 0.4) is 0 Å². The van der Waals surface area contributed by atoms with Crippen LogP contribution in [0.4, 0.5) is 0 Å². The van der Waals surface area contributed by atoms with Crippen LogP contribution in [0.2, 0.25) is 0 Å². The molecule has 88 valence electrons. The highest BCUT2D eigenvalue weighted by atomic mass is 16.5. The number of aromatic hydroxyl groups is 1. The number of phenolic OH excluding ortho intramolecular Hbond substituents is 1. The number of ether oxygens (including phenoxy) is 1. The van der Waals surface area contributed by atoms with Crippen molar-refractivity contribution in [1.29, 1.82) is 0 Å². The lowest BCUT2D eigenvalue weighted by Gasteiger charge is -2.23. The van der Waals surface area contributed by atoms with Crippen molar-refractivity contribution >= 4 is 5.97 Å². The van der Waals surface area contributed by atoms with Crippen LogP contribution < -0.4 is 0 Å². The lowest BCUT2D eigenvalue weighted by molar-refractivity contribution is 0.0597. The Morgan fingerprint density at radius 2 is 2.06 bits per heavy atom. The minimum atomic E-state index is -0.508. The van der Waals surface area contributed by atoms with Crippen LogP contribution in [0.5, 0.6) is 5.75 Å². The largest absolute Gasteiger partial charge is 0.507 e. The van der Waals surface area contributed by atoms with Gasteiger partial charge in [0, 0.05) is 0 Å². The number of methoxy groups -OCH3 is 1. The lowest BCUT2D eigenvalue weighted by Crippen LogP contribution is -2.16. The summed E-state index contributed by atoms with van der Waals surface area (Å²) in [7, 11) is 1.30. The van der Waals surface area contributed by atoms with Crippen molar-refractivity contribution in [3.8, 4) is 5.75 Å². The fourth-order valence-corrected chi connectivity index (χ4v) is 1.43. The van der Waals surface area contributed by atoms with Gasteiger partial charge in [-0.1, -0.05) is 26.8 Å². The van der Waals surface area contributed by atoms with Gasteiger partial charge in [0.25, 0.3) is 0 Å². The van der Waals surface area contributed by atoms with Crippen molar-refractivity contribution in [2.24, 2.45) is 0 Å². The molecule has 0 aliphatic rings. The molecule has 16 heavy (non-hydrogen) atoms. The van der Waals surface area contributed by atoms with Crippen LogP contribution in [0.25, 0.3) is 0 Å². The zero-order valence-electron chi connectivity index (χ0n) is 10.2. The summed E-state index contributed by atoms with van der Waals surface area (Å²) in [5.74, 6) is -0.547. The van der Waals surface area contributed by atoms with Crippen LogP contribution in [-0.4, -0.2) is 18.2 Å². The van der Waals surface area contributed by atoms with E-state index in [9.17, 15) is 9.90 Å². The molecular weight excluding hydrogens is 204 g/mol. The van der Waals surface area contributed by atoms with Crippen molar-refractivity contribution in [1.82, 2.24) is 0 Å². The number of hydrogen-bond acceptors (Lipinski definition) is 3. The van der Waals surface area contributed by atoms with Gasteiger partial charge in [0.2, 0.25) is 0 Å². The quantitative estimate of drug-likeness (QED) is 0.800. The normalized spacial score (nSPS) is 11.2. The van der Waals surface area contributed by atoms with E-state index in [1.54, 1.807) is 12.1 Å². The van der Waals surface area contributed by atoms with E-state index in [0.717, 1.165) is 12.0 Å². The Kier molecular flexibility index (Phi) is 3.58. The number of phenols is 1. The third-order valence-corrected chi connectivity index (χ3v) is 3.07. The first-order valence-electron chi connectivity index (χ1n) is 5.34. The molecule has 0 heterocycles. The van der Waals surface area contributed by atoms with Crippen molar-refractivity contribution < 1.29 is 14.6 Å². The molecule has 0 aliphatic carbocycles. The second-order valence-corrected chi connectivity index (χ2v) is 4.46. The smallest absolute Gasteiger partial charge is 0.341 e. The molecule has 1 aromatic rings. The van der Waals surface area contributed by atoms with Gasteiger partial charge < -0.3 is 9.84 Å². The van der Waals surface area contributed by atoms with Crippen molar-refractivity contribution in [3.05, 3.63) is 29.3 Å². The van der Waals surface area contributed by atoms with E-state index >= 15 is 0 Å². The van der Waals surface area contributed by atoms with Crippen LogP contribution in [-0.2, 0) is 10.2 Å². The maximum Gasteiger partial charge on any atom is 0.341 e. The number of carbonyl (C=O) groups is 1. The molecule has 0 amide bonds. The molecule has 0 atom stereocenters. The predicted octanol–water partition coefficient (Wildman–Crippen LogP) is 2.87. The number of rotatable bonds is 3. The fraction of sp³-hybridized carbons (Fsp3) is 0.462. The first-order valence-corrected chi connectivity index (χ1v) is 5.34. The first-order chi connectivity index (χ1) is 7.42. The van der Waals surface area contributed by atoms with Crippen LogP contribution in [0.1, 0.15) is 43.1 Å². The molecule has 0 bridgehead atoms. The average Bonchev–Trinajstić information content (AvgIpc) is 2.28. The van der Waals surface area contributed by atoms with E-state index in [1.807, 2.05) is 6.07 Å². The van der Waals surface area contributed by atoms with E-state index in [-0.39, 0.29) is 16.7 Å². The predicted molar refractivity (Wildman–Crippen MR) is 62.8 cm³/mol. The summed E-state index contributed by atoms with van der Waals surface area (Å²) < 4.78 is 4.62. The molecule has 0 unspecified atom stereocenters. The summed E-state index contributed by atoms with van der Waals surface area (Å²) >= 11 is 0. The van der Waals surface area contributed by atoms with Gasteiger partial charge >= 0.3 is 5.97 Å². The van der Waals surface area contributed by atoms with Gasteiger partial charge in [0.1, 0.15) is 11.3 Å². The van der Waals surface area contributed by atoms with E-state index in [2.05, 4.69) is 25.5 Å². The summed E-state index contributed by atoms with van der Waals surface area (Å²) in [4.78, 5) is 11.4. The standard InChI is InChI=1S/C13H18O3/c1-5-13(2,3)9-6-7-11(14)10(8-9)12(15)16-4/h6-8,14H,5H2,1-4H3. The van der Waals surface area contributed by atoms with Gasteiger partial charge in [-0.05, 0) is 29.5 Å². The van der Waals surface area contributed by atoms with Crippen molar-refractivity contribution in [2.45, 2.75) is 32.6 Å². The fourth-order valence-electron chi connectivity index (χ4n) is 1.43. The van der Waals surface area contributed by atoms with Crippen molar-refractivity contribution in [2.75, 3.05) is 7.11 Å². The Morgan fingerprint density at radius 1 is 1.44 bits per heavy atom. The molecule has 0 saturated carbocycles. The topological polar surface area (TPSA) is 46.5 Å². The van der Waals surface area contributed by atoms with E-state index < -0.39 is 5.97 Å². The number of benzene rings is 1. The average molecular weight is 222 g/mol. The molecule has 0 aliphatic heterocycles. The molecule has 0 radical (unpaired) electrons. The van der Waals surface area contributed by atoms with E-state index in [0.29, 0.717) is 0 Å². The Labute approximate surface area is 96.1 Å². The molecule has 1 rings (SSSR count). The summed E-state index contributed by atoms with van der Waals surface area (Å²) in [5, 5.41) is 9.57. The summed E-state index contributed by atoms with van der Waals surface area (Å²) in [6.07, 6.45) is 0.957. The number of esters is 1. The van der Waals surface area contributed by atoms with Gasteiger partial charge in [-0.25, -0.2) is 4.79 Å². The molecule has 1 N–H and O–H groups in total. The second kappa shape index (κ2) is 4.56. The zero-order chi connectivity index (χ0) is 12.3. The minimum Gasteiger partial charge on any atom is -0.507 e. The molecule has 3 heteroatoms. The molecule has 0 aromatic heterocycles. The molecular formula is C13H18O3. The molecule has 0 spiro atoms. The Balaban J connectivity index is 3.22. The number of carbonyl (C=O) groups excluding carboxylic acids is 1. The van der Waals surface area contributed by atoms with Crippen molar-refractivity contribution in [3.63, 3.8) is 0 Å². The van der Waals surface area contributed by atoms with Gasteiger partial charge in [-0.2, -0.15) is 0 Å². The maximum atomic E-state index is 11.4. The maximum absolute atomic E-state index is 11.4. The summed E-state index contributed by atoms with van der Waals surface area (Å²) in [6, 6.07) is 5.08. The summed E-state index contributed by atoms with van der Waals surface area (Å²) in [5.41, 5.74) is 1.23. The van der Waals surface area contributed by atoms with Crippen LogP contribution in [0.15, 0.2) is 18.2 Å². The number of hydrogen-bond donors (Lipinski definition) is 1. The molecule has 0 fully saturated rings. The molecule has 0 saturated heterocycles. The van der Waals surface area contributed by atoms with Gasteiger partial charge in [-0.3, -0.25) is 0 Å². The highest BCUT2D eigenvalue weighted by molar-refractivity contribution is 5.92. The highest BCUT2D eigenvalue weighted by Gasteiger charge is 2.21. The van der Waals surface area contributed by atoms with Gasteiger partial charge in [-0.15, -0.1) is 0 Å². The SMILES string of the molecule is CCC(C)(C)c1ccc(O)c(C(=O)OC)c1. The minimum absolute atomic E-state index is 0.0174. The lowest BCUT2D eigenvalue weighted by atomic mass is 9.81. The Hall–Kier alpha value is -1.51. The van der Waals surface area contributed by atoms with E-state index in [4.69, 9.17) is 0 Å². The van der Waals surface area contributed by atoms with Gasteiger partial charge in [0.15, 0.2) is 0 Å². The Bertz CT molecular complexity index is 394. The van der Waals surface area contributed by atoms with E-state index in [1.165, 1.54) is 7.11 Å². The molecule has 3 nitrogen and oxygen atoms in total. The Morgan fingerprint density at radius 3 is 2.56 bits per heavy atom. The molecule has 1 aromatic carbocycles. The third-order valence-electron chi connectivity index (χ3n) is 3.07. The zero-order valence-corrected chi connectivity index (χ0v) is 10.2. The monoisotopic (exact) mass is 222 g/mol. The first kappa shape index (κ1) is 12.6. The van der Waals surface area contributed by atoms with Crippen LogP contribution in [0, 0.1) is 0 Å². The third kappa shape index (κ3) is 2.35. The van der Waals surface area contributed by atoms with Crippen LogP contribution >= 0.6 is 0 Å².